The van der Waals surface area contributed by atoms with E-state index in [-0.39, 0.29) is 0 Å². The van der Waals surface area contributed by atoms with E-state index in [1.165, 1.54) is 32.4 Å². The molecule has 1 atom stereocenters. The molecular weight excluding hydrogens is 206 g/mol. The zero-order chi connectivity index (χ0) is 12.3. The van der Waals surface area contributed by atoms with Crippen molar-refractivity contribution in [1.82, 2.24) is 4.90 Å². The third-order valence-electron chi connectivity index (χ3n) is 3.95. The van der Waals surface area contributed by atoms with Gasteiger partial charge >= 0.3 is 0 Å². The van der Waals surface area contributed by atoms with Gasteiger partial charge in [-0.15, -0.1) is 0 Å². The number of hydrogen-bond acceptors (Lipinski definition) is 1. The topological polar surface area (TPSA) is 3.24 Å². The largest absolute Gasteiger partial charge is 0.296 e. The fourth-order valence-electron chi connectivity index (χ4n) is 2.91. The predicted octanol–water partition coefficient (Wildman–Crippen LogP) is 4.04. The second-order valence-corrected chi connectivity index (χ2v) is 5.56. The van der Waals surface area contributed by atoms with Crippen molar-refractivity contribution in [2.45, 2.75) is 46.1 Å². The number of rotatable bonds is 4. The zero-order valence-electron chi connectivity index (χ0n) is 11.4. The maximum atomic E-state index is 2.64. The van der Waals surface area contributed by atoms with Crippen LogP contribution in [0.3, 0.4) is 0 Å². The molecule has 1 aliphatic rings. The van der Waals surface area contributed by atoms with Crippen molar-refractivity contribution < 1.29 is 0 Å². The van der Waals surface area contributed by atoms with Crippen LogP contribution in [-0.4, -0.2) is 18.0 Å². The smallest absolute Gasteiger partial charge is 0.0350 e. The highest BCUT2D eigenvalue weighted by Crippen LogP contribution is 2.33. The molecule has 1 nitrogen and oxygen atoms in total. The van der Waals surface area contributed by atoms with Crippen molar-refractivity contribution in [3.8, 4) is 0 Å². The molecule has 1 heterocycles. The van der Waals surface area contributed by atoms with Crippen LogP contribution >= 0.6 is 0 Å². The average Bonchev–Trinajstić information content (AvgIpc) is 2.35. The predicted molar refractivity (Wildman–Crippen MR) is 74.2 cm³/mol. The van der Waals surface area contributed by atoms with Gasteiger partial charge in [0.25, 0.3) is 0 Å². The van der Waals surface area contributed by atoms with E-state index < -0.39 is 0 Å². The molecule has 0 aliphatic carbocycles. The van der Waals surface area contributed by atoms with Crippen LogP contribution in [0.2, 0.25) is 0 Å². The maximum Gasteiger partial charge on any atom is 0.0350 e. The summed E-state index contributed by atoms with van der Waals surface area (Å²) in [4.78, 5) is 2.64. The molecule has 0 spiro atoms. The summed E-state index contributed by atoms with van der Waals surface area (Å²) in [5.74, 6) is 0.808. The Kier molecular flexibility index (Phi) is 4.22. The van der Waals surface area contributed by atoms with Crippen molar-refractivity contribution in [1.29, 1.82) is 0 Å². The van der Waals surface area contributed by atoms with Crippen LogP contribution in [-0.2, 0) is 6.42 Å². The Balaban J connectivity index is 2.18. The Morgan fingerprint density at radius 2 is 2.06 bits per heavy atom. The highest BCUT2D eigenvalue weighted by Gasteiger charge is 2.25. The summed E-state index contributed by atoms with van der Waals surface area (Å²) in [5.41, 5.74) is 3.16. The lowest BCUT2D eigenvalue weighted by Gasteiger charge is -2.37. The van der Waals surface area contributed by atoms with Crippen molar-refractivity contribution in [2.75, 3.05) is 13.1 Å². The SMILES string of the molecule is CCN1CCc2ccccc2C1CCC(C)C. The molecule has 2 rings (SSSR count). The van der Waals surface area contributed by atoms with E-state index in [2.05, 4.69) is 49.9 Å². The zero-order valence-corrected chi connectivity index (χ0v) is 11.4. The molecule has 0 radical (unpaired) electrons. The van der Waals surface area contributed by atoms with E-state index in [4.69, 9.17) is 0 Å². The third kappa shape index (κ3) is 2.90. The van der Waals surface area contributed by atoms with Crippen LogP contribution in [0.15, 0.2) is 24.3 Å². The molecule has 17 heavy (non-hydrogen) atoms. The van der Waals surface area contributed by atoms with Crippen LogP contribution < -0.4 is 0 Å². The molecule has 1 heteroatoms. The second kappa shape index (κ2) is 5.68. The van der Waals surface area contributed by atoms with Crippen molar-refractivity contribution in [3.63, 3.8) is 0 Å². The fourth-order valence-corrected chi connectivity index (χ4v) is 2.91. The van der Waals surface area contributed by atoms with E-state index in [1.807, 2.05) is 0 Å². The van der Waals surface area contributed by atoms with Gasteiger partial charge in [-0.3, -0.25) is 4.90 Å². The number of fused-ring (bicyclic) bond motifs is 1. The van der Waals surface area contributed by atoms with Gasteiger partial charge in [0.2, 0.25) is 0 Å². The van der Waals surface area contributed by atoms with Crippen molar-refractivity contribution in [3.05, 3.63) is 35.4 Å². The fraction of sp³-hybridized carbons (Fsp3) is 0.625. The lowest BCUT2D eigenvalue weighted by Crippen LogP contribution is -2.35. The first-order chi connectivity index (χ1) is 8.22. The molecular formula is C16H25N. The van der Waals surface area contributed by atoms with Crippen LogP contribution in [0.4, 0.5) is 0 Å². The summed E-state index contributed by atoms with van der Waals surface area (Å²) in [6.45, 7) is 9.35. The third-order valence-corrected chi connectivity index (χ3v) is 3.95. The van der Waals surface area contributed by atoms with Crippen LogP contribution in [0.5, 0.6) is 0 Å². The Hall–Kier alpha value is -0.820. The summed E-state index contributed by atoms with van der Waals surface area (Å²) < 4.78 is 0. The van der Waals surface area contributed by atoms with Gasteiger partial charge in [0.1, 0.15) is 0 Å². The number of nitrogens with zero attached hydrogens (tertiary/aromatic N) is 1. The Morgan fingerprint density at radius 1 is 1.29 bits per heavy atom. The summed E-state index contributed by atoms with van der Waals surface area (Å²) in [6, 6.07) is 9.68. The van der Waals surface area contributed by atoms with Gasteiger partial charge in [-0.1, -0.05) is 45.0 Å². The first-order valence-corrected chi connectivity index (χ1v) is 7.04. The standard InChI is InChI=1S/C16H25N/c1-4-17-12-11-14-7-5-6-8-15(14)16(17)10-9-13(2)3/h5-8,13,16H,4,9-12H2,1-3H3. The molecule has 0 saturated carbocycles. The van der Waals surface area contributed by atoms with Gasteiger partial charge in [0.15, 0.2) is 0 Å². The Morgan fingerprint density at radius 3 is 2.76 bits per heavy atom. The van der Waals surface area contributed by atoms with E-state index in [1.54, 1.807) is 11.1 Å². The average molecular weight is 231 g/mol. The van der Waals surface area contributed by atoms with Gasteiger partial charge in [0, 0.05) is 12.6 Å². The van der Waals surface area contributed by atoms with Crippen molar-refractivity contribution in [2.24, 2.45) is 5.92 Å². The Labute approximate surface area is 106 Å². The molecule has 1 unspecified atom stereocenters. The summed E-state index contributed by atoms with van der Waals surface area (Å²) in [7, 11) is 0. The van der Waals surface area contributed by atoms with E-state index in [0.717, 1.165) is 5.92 Å². The molecule has 1 aromatic carbocycles. The molecule has 0 saturated heterocycles. The maximum absolute atomic E-state index is 2.64. The van der Waals surface area contributed by atoms with E-state index in [0.29, 0.717) is 6.04 Å². The summed E-state index contributed by atoms with van der Waals surface area (Å²) in [6.07, 6.45) is 3.86. The molecule has 1 aliphatic heterocycles. The Bertz CT molecular complexity index is 356. The molecule has 0 aromatic heterocycles. The first-order valence-electron chi connectivity index (χ1n) is 7.04. The lowest BCUT2D eigenvalue weighted by molar-refractivity contribution is 0.178. The number of benzene rings is 1. The van der Waals surface area contributed by atoms with Crippen molar-refractivity contribution >= 4 is 0 Å². The van der Waals surface area contributed by atoms with Crippen LogP contribution in [0.1, 0.15) is 50.8 Å². The monoisotopic (exact) mass is 231 g/mol. The number of likely N-dealkylation sites (N-methyl/N-ethyl adjacent to an activating group) is 1. The van der Waals surface area contributed by atoms with Gasteiger partial charge in [-0.25, -0.2) is 0 Å². The van der Waals surface area contributed by atoms with Gasteiger partial charge in [-0.05, 0) is 42.9 Å². The van der Waals surface area contributed by atoms with Gasteiger partial charge < -0.3 is 0 Å². The first kappa shape index (κ1) is 12.6. The molecule has 94 valence electrons. The van der Waals surface area contributed by atoms with E-state index >= 15 is 0 Å². The highest BCUT2D eigenvalue weighted by atomic mass is 15.2. The van der Waals surface area contributed by atoms with Crippen LogP contribution in [0.25, 0.3) is 0 Å². The molecule has 0 bridgehead atoms. The van der Waals surface area contributed by atoms with Crippen LogP contribution in [0, 0.1) is 5.92 Å². The van der Waals surface area contributed by atoms with E-state index in [9.17, 15) is 0 Å². The lowest BCUT2D eigenvalue weighted by atomic mass is 9.88. The second-order valence-electron chi connectivity index (χ2n) is 5.56. The molecule has 0 N–H and O–H groups in total. The highest BCUT2D eigenvalue weighted by molar-refractivity contribution is 5.32. The molecule has 0 amide bonds. The summed E-state index contributed by atoms with van der Waals surface area (Å²) >= 11 is 0. The minimum absolute atomic E-state index is 0.660. The van der Waals surface area contributed by atoms with Gasteiger partial charge in [0.05, 0.1) is 0 Å². The number of hydrogen-bond donors (Lipinski definition) is 0. The summed E-state index contributed by atoms with van der Waals surface area (Å²) in [5, 5.41) is 0. The van der Waals surface area contributed by atoms with Gasteiger partial charge in [-0.2, -0.15) is 0 Å². The normalized spacial score (nSPS) is 20.6. The minimum atomic E-state index is 0.660. The molecule has 0 fully saturated rings. The quantitative estimate of drug-likeness (QED) is 0.756. The molecule has 1 aromatic rings. The minimum Gasteiger partial charge on any atom is -0.296 e.